The molecular formula is C17H29N3O2. The van der Waals surface area contributed by atoms with Gasteiger partial charge in [0.2, 0.25) is 5.91 Å². The van der Waals surface area contributed by atoms with Crippen molar-refractivity contribution in [1.29, 1.82) is 0 Å². The summed E-state index contributed by atoms with van der Waals surface area (Å²) in [5.74, 6) is -0.0260. The Bertz CT molecular complexity index is 490. The Kier molecular flexibility index (Phi) is 5.62. The standard InChI is InChI=1S/C17H29N3O2/c1-5-15(22-14-9-7-6-8-10-14)16(21)19-17(2,3)13-11-18-20(4)12-13/h11-12,14-15H,5-10H2,1-4H3,(H,19,21). The Morgan fingerprint density at radius 1 is 1.45 bits per heavy atom. The molecule has 0 aromatic carbocycles. The van der Waals surface area contributed by atoms with Crippen molar-refractivity contribution in [2.75, 3.05) is 0 Å². The number of hydrogen-bond donors (Lipinski definition) is 1. The maximum atomic E-state index is 12.6. The van der Waals surface area contributed by atoms with Gasteiger partial charge in [0.05, 0.1) is 17.8 Å². The van der Waals surface area contributed by atoms with Crippen LogP contribution in [0.1, 0.15) is 64.9 Å². The van der Waals surface area contributed by atoms with Gasteiger partial charge in [-0.1, -0.05) is 26.2 Å². The van der Waals surface area contributed by atoms with E-state index in [9.17, 15) is 4.79 Å². The first-order chi connectivity index (χ1) is 10.4. The van der Waals surface area contributed by atoms with Crippen LogP contribution in [0.5, 0.6) is 0 Å². The number of carbonyl (C=O) groups excluding carboxylic acids is 1. The van der Waals surface area contributed by atoms with Crippen molar-refractivity contribution < 1.29 is 9.53 Å². The monoisotopic (exact) mass is 307 g/mol. The van der Waals surface area contributed by atoms with E-state index in [1.807, 2.05) is 34.0 Å². The Morgan fingerprint density at radius 3 is 2.68 bits per heavy atom. The van der Waals surface area contributed by atoms with Crippen molar-refractivity contribution in [3.05, 3.63) is 18.0 Å². The van der Waals surface area contributed by atoms with E-state index < -0.39 is 5.54 Å². The molecule has 0 aliphatic heterocycles. The van der Waals surface area contributed by atoms with Crippen molar-refractivity contribution in [3.63, 3.8) is 0 Å². The first-order valence-electron chi connectivity index (χ1n) is 8.39. The van der Waals surface area contributed by atoms with Gasteiger partial charge in [-0.15, -0.1) is 0 Å². The van der Waals surface area contributed by atoms with Crippen molar-refractivity contribution in [2.45, 2.75) is 77.0 Å². The number of aryl methyl sites for hydroxylation is 1. The maximum Gasteiger partial charge on any atom is 0.249 e. The second-order valence-corrected chi connectivity index (χ2v) is 6.81. The maximum absolute atomic E-state index is 12.6. The number of nitrogens with one attached hydrogen (secondary N) is 1. The zero-order valence-electron chi connectivity index (χ0n) is 14.3. The summed E-state index contributed by atoms with van der Waals surface area (Å²) in [6.45, 7) is 5.99. The molecule has 1 N–H and O–H groups in total. The molecule has 124 valence electrons. The van der Waals surface area contributed by atoms with E-state index in [1.54, 1.807) is 10.9 Å². The van der Waals surface area contributed by atoms with Crippen molar-refractivity contribution in [2.24, 2.45) is 7.05 Å². The third-order valence-corrected chi connectivity index (χ3v) is 4.43. The number of nitrogens with zero attached hydrogens (tertiary/aromatic N) is 2. The predicted molar refractivity (Wildman–Crippen MR) is 86.4 cm³/mol. The molecule has 1 amide bonds. The minimum atomic E-state index is -0.450. The van der Waals surface area contributed by atoms with Crippen LogP contribution in [0.4, 0.5) is 0 Å². The highest BCUT2D eigenvalue weighted by molar-refractivity contribution is 5.81. The van der Waals surface area contributed by atoms with Crippen LogP contribution in [0.15, 0.2) is 12.4 Å². The SMILES string of the molecule is CCC(OC1CCCCC1)C(=O)NC(C)(C)c1cnn(C)c1. The first kappa shape index (κ1) is 17.0. The number of rotatable bonds is 6. The summed E-state index contributed by atoms with van der Waals surface area (Å²) in [7, 11) is 1.88. The van der Waals surface area contributed by atoms with Crippen molar-refractivity contribution in [3.8, 4) is 0 Å². The van der Waals surface area contributed by atoms with Gasteiger partial charge in [-0.3, -0.25) is 9.48 Å². The molecule has 0 bridgehead atoms. The molecule has 1 heterocycles. The van der Waals surface area contributed by atoms with Crippen LogP contribution >= 0.6 is 0 Å². The van der Waals surface area contributed by atoms with Crippen LogP contribution in [-0.2, 0) is 22.1 Å². The molecule has 5 heteroatoms. The molecule has 2 rings (SSSR count). The molecular weight excluding hydrogens is 278 g/mol. The fourth-order valence-electron chi connectivity index (χ4n) is 2.98. The lowest BCUT2D eigenvalue weighted by molar-refractivity contribution is -0.140. The van der Waals surface area contributed by atoms with E-state index >= 15 is 0 Å². The van der Waals surface area contributed by atoms with Gasteiger partial charge in [0.1, 0.15) is 6.10 Å². The van der Waals surface area contributed by atoms with Crippen LogP contribution in [0.3, 0.4) is 0 Å². The van der Waals surface area contributed by atoms with Gasteiger partial charge >= 0.3 is 0 Å². The summed E-state index contributed by atoms with van der Waals surface area (Å²) in [4.78, 5) is 12.6. The van der Waals surface area contributed by atoms with Gasteiger partial charge in [0.25, 0.3) is 0 Å². The molecule has 1 atom stereocenters. The fraction of sp³-hybridized carbons (Fsp3) is 0.765. The highest BCUT2D eigenvalue weighted by Gasteiger charge is 2.29. The van der Waals surface area contributed by atoms with Gasteiger partial charge in [0.15, 0.2) is 0 Å². The average molecular weight is 307 g/mol. The zero-order valence-corrected chi connectivity index (χ0v) is 14.3. The Labute approximate surface area is 133 Å². The van der Waals surface area contributed by atoms with Crippen molar-refractivity contribution >= 4 is 5.91 Å². The summed E-state index contributed by atoms with van der Waals surface area (Å²) in [5.41, 5.74) is 0.546. The summed E-state index contributed by atoms with van der Waals surface area (Å²) in [6, 6.07) is 0. The minimum absolute atomic E-state index is 0.0260. The Balaban J connectivity index is 1.95. The highest BCUT2D eigenvalue weighted by Crippen LogP contribution is 2.23. The third-order valence-electron chi connectivity index (χ3n) is 4.43. The van der Waals surface area contributed by atoms with E-state index in [0.717, 1.165) is 18.4 Å². The summed E-state index contributed by atoms with van der Waals surface area (Å²) in [5, 5.41) is 7.29. The molecule has 1 aromatic heterocycles. The van der Waals surface area contributed by atoms with Crippen molar-refractivity contribution in [1.82, 2.24) is 15.1 Å². The topological polar surface area (TPSA) is 56.1 Å². The average Bonchev–Trinajstić information content (AvgIpc) is 2.93. The molecule has 22 heavy (non-hydrogen) atoms. The minimum Gasteiger partial charge on any atom is -0.365 e. The number of carbonyl (C=O) groups is 1. The second-order valence-electron chi connectivity index (χ2n) is 6.81. The normalized spacial score (nSPS) is 18.2. The molecule has 1 aliphatic rings. The van der Waals surface area contributed by atoms with E-state index in [2.05, 4.69) is 10.4 Å². The predicted octanol–water partition coefficient (Wildman–Crippen LogP) is 2.90. The largest absolute Gasteiger partial charge is 0.365 e. The second kappa shape index (κ2) is 7.27. The van der Waals surface area contributed by atoms with Crippen LogP contribution in [0.2, 0.25) is 0 Å². The van der Waals surface area contributed by atoms with Gasteiger partial charge < -0.3 is 10.1 Å². The molecule has 0 spiro atoms. The molecule has 1 aliphatic carbocycles. The lowest BCUT2D eigenvalue weighted by Gasteiger charge is -2.30. The van der Waals surface area contributed by atoms with Gasteiger partial charge in [0, 0.05) is 18.8 Å². The van der Waals surface area contributed by atoms with Crippen LogP contribution in [0.25, 0.3) is 0 Å². The lowest BCUT2D eigenvalue weighted by Crippen LogP contribution is -2.47. The number of amides is 1. The van der Waals surface area contributed by atoms with E-state index in [1.165, 1.54) is 19.3 Å². The molecule has 1 aromatic rings. The van der Waals surface area contributed by atoms with E-state index in [-0.39, 0.29) is 18.1 Å². The molecule has 1 unspecified atom stereocenters. The first-order valence-corrected chi connectivity index (χ1v) is 8.39. The number of ether oxygens (including phenoxy) is 1. The zero-order chi connectivity index (χ0) is 16.2. The number of aromatic nitrogens is 2. The molecule has 1 fully saturated rings. The summed E-state index contributed by atoms with van der Waals surface area (Å²) < 4.78 is 7.81. The van der Waals surface area contributed by atoms with Crippen LogP contribution < -0.4 is 5.32 Å². The molecule has 1 saturated carbocycles. The quantitative estimate of drug-likeness (QED) is 0.879. The van der Waals surface area contributed by atoms with E-state index in [0.29, 0.717) is 6.42 Å². The summed E-state index contributed by atoms with van der Waals surface area (Å²) in [6.07, 6.45) is 10.2. The fourth-order valence-corrected chi connectivity index (χ4v) is 2.98. The van der Waals surface area contributed by atoms with Gasteiger partial charge in [-0.2, -0.15) is 5.10 Å². The van der Waals surface area contributed by atoms with Crippen LogP contribution in [-0.4, -0.2) is 27.9 Å². The van der Waals surface area contributed by atoms with Crippen LogP contribution in [0, 0.1) is 0 Å². The lowest BCUT2D eigenvalue weighted by atomic mass is 9.96. The third kappa shape index (κ3) is 4.32. The molecule has 5 nitrogen and oxygen atoms in total. The Morgan fingerprint density at radius 2 is 2.14 bits per heavy atom. The van der Waals surface area contributed by atoms with Gasteiger partial charge in [-0.25, -0.2) is 0 Å². The highest BCUT2D eigenvalue weighted by atomic mass is 16.5. The molecule has 0 saturated heterocycles. The smallest absolute Gasteiger partial charge is 0.249 e. The molecule has 0 radical (unpaired) electrons. The number of hydrogen-bond acceptors (Lipinski definition) is 3. The van der Waals surface area contributed by atoms with Gasteiger partial charge in [-0.05, 0) is 33.1 Å². The summed E-state index contributed by atoms with van der Waals surface area (Å²) >= 11 is 0. The van der Waals surface area contributed by atoms with E-state index in [4.69, 9.17) is 4.74 Å². The Hall–Kier alpha value is -1.36.